The van der Waals surface area contributed by atoms with Gasteiger partial charge in [-0.3, -0.25) is 4.79 Å². The van der Waals surface area contributed by atoms with Crippen LogP contribution in [0.15, 0.2) is 52.9 Å². The predicted octanol–water partition coefficient (Wildman–Crippen LogP) is 4.33. The average molecular weight is 354 g/mol. The molecule has 4 aromatic rings. The summed E-state index contributed by atoms with van der Waals surface area (Å²) < 4.78 is 5.55. The smallest absolute Gasteiger partial charge is 0.287 e. The molecule has 0 unspecified atom stereocenters. The van der Waals surface area contributed by atoms with Crippen LogP contribution in [0.25, 0.3) is 22.0 Å². The first-order valence-corrected chi connectivity index (χ1v) is 8.48. The number of halogens is 1. The summed E-state index contributed by atoms with van der Waals surface area (Å²) in [4.78, 5) is 20.0. The number of benzene rings is 2. The molecule has 25 heavy (non-hydrogen) atoms. The molecule has 2 aromatic heterocycles. The van der Waals surface area contributed by atoms with E-state index in [1.807, 2.05) is 24.3 Å². The van der Waals surface area contributed by atoms with Crippen molar-refractivity contribution in [3.63, 3.8) is 0 Å². The van der Waals surface area contributed by atoms with Gasteiger partial charge in [-0.2, -0.15) is 0 Å². The molecule has 0 aliphatic heterocycles. The summed E-state index contributed by atoms with van der Waals surface area (Å²) in [6.45, 7) is 0.549. The number of imidazole rings is 1. The lowest BCUT2D eigenvalue weighted by Crippen LogP contribution is -2.24. The van der Waals surface area contributed by atoms with E-state index in [2.05, 4.69) is 15.3 Å². The summed E-state index contributed by atoms with van der Waals surface area (Å²) in [5, 5.41) is 4.31. The molecule has 4 rings (SSSR count). The fraction of sp³-hybridized carbons (Fsp3) is 0.158. The van der Waals surface area contributed by atoms with Crippen LogP contribution in [-0.2, 0) is 6.42 Å². The molecule has 5 nitrogen and oxygen atoms in total. The number of fused-ring (bicyclic) bond motifs is 2. The van der Waals surface area contributed by atoms with E-state index in [4.69, 9.17) is 16.0 Å². The zero-order chi connectivity index (χ0) is 17.2. The minimum Gasteiger partial charge on any atom is -0.451 e. The fourth-order valence-electron chi connectivity index (χ4n) is 2.80. The number of carbonyl (C=O) groups is 1. The topological polar surface area (TPSA) is 70.9 Å². The summed E-state index contributed by atoms with van der Waals surface area (Å²) >= 11 is 5.95. The van der Waals surface area contributed by atoms with Gasteiger partial charge in [0.15, 0.2) is 5.76 Å². The van der Waals surface area contributed by atoms with Gasteiger partial charge in [-0.05, 0) is 42.8 Å². The summed E-state index contributed by atoms with van der Waals surface area (Å²) in [7, 11) is 0. The molecule has 0 saturated heterocycles. The maximum atomic E-state index is 12.2. The number of nitrogens with one attached hydrogen (secondary N) is 2. The molecule has 0 aliphatic rings. The minimum absolute atomic E-state index is 0.225. The molecule has 6 heteroatoms. The molecule has 2 aromatic carbocycles. The Kier molecular flexibility index (Phi) is 4.15. The highest BCUT2D eigenvalue weighted by Crippen LogP contribution is 2.23. The number of rotatable bonds is 5. The molecule has 0 spiro atoms. The summed E-state index contributed by atoms with van der Waals surface area (Å²) in [5.74, 6) is 0.992. The quantitative estimate of drug-likeness (QED) is 0.525. The molecule has 0 fully saturated rings. The monoisotopic (exact) mass is 353 g/mol. The highest BCUT2D eigenvalue weighted by atomic mass is 35.5. The zero-order valence-electron chi connectivity index (χ0n) is 13.4. The van der Waals surface area contributed by atoms with Gasteiger partial charge in [0.2, 0.25) is 0 Å². The molecule has 0 aliphatic carbocycles. The third-order valence-electron chi connectivity index (χ3n) is 4.02. The van der Waals surface area contributed by atoms with Gasteiger partial charge in [-0.1, -0.05) is 23.7 Å². The van der Waals surface area contributed by atoms with Crippen LogP contribution in [0, 0.1) is 0 Å². The number of aromatic nitrogens is 2. The maximum absolute atomic E-state index is 12.2. The average Bonchev–Trinajstić information content (AvgIpc) is 3.21. The van der Waals surface area contributed by atoms with E-state index >= 15 is 0 Å². The molecule has 0 atom stereocenters. The fourth-order valence-corrected chi connectivity index (χ4v) is 2.98. The van der Waals surface area contributed by atoms with Crippen molar-refractivity contribution in [1.82, 2.24) is 15.3 Å². The van der Waals surface area contributed by atoms with E-state index in [1.54, 1.807) is 24.3 Å². The number of hydrogen-bond donors (Lipinski definition) is 2. The Morgan fingerprint density at radius 1 is 1.20 bits per heavy atom. The van der Waals surface area contributed by atoms with Crippen LogP contribution in [0.3, 0.4) is 0 Å². The molecule has 2 heterocycles. The lowest BCUT2D eigenvalue weighted by atomic mass is 10.2. The van der Waals surface area contributed by atoms with Crippen LogP contribution in [0.4, 0.5) is 0 Å². The van der Waals surface area contributed by atoms with Crippen molar-refractivity contribution < 1.29 is 9.21 Å². The summed E-state index contributed by atoms with van der Waals surface area (Å²) in [5.41, 5.74) is 2.64. The summed E-state index contributed by atoms with van der Waals surface area (Å²) in [6.07, 6.45) is 1.56. The second-order valence-corrected chi connectivity index (χ2v) is 6.29. The lowest BCUT2D eigenvalue weighted by molar-refractivity contribution is 0.0927. The van der Waals surface area contributed by atoms with Crippen molar-refractivity contribution in [2.75, 3.05) is 6.54 Å². The van der Waals surface area contributed by atoms with Gasteiger partial charge in [0.05, 0.1) is 11.0 Å². The number of nitrogens with zero attached hydrogens (tertiary/aromatic N) is 1. The van der Waals surface area contributed by atoms with Crippen LogP contribution in [-0.4, -0.2) is 22.4 Å². The van der Waals surface area contributed by atoms with Crippen molar-refractivity contribution in [1.29, 1.82) is 0 Å². The molecule has 1 amide bonds. The third kappa shape index (κ3) is 3.37. The normalized spacial score (nSPS) is 11.2. The van der Waals surface area contributed by atoms with Gasteiger partial charge in [-0.25, -0.2) is 4.98 Å². The van der Waals surface area contributed by atoms with Crippen LogP contribution >= 0.6 is 11.6 Å². The molecule has 126 valence electrons. The van der Waals surface area contributed by atoms with E-state index in [0.717, 1.165) is 35.1 Å². The number of aromatic amines is 1. The number of carbonyl (C=O) groups excluding carboxylic acids is 1. The van der Waals surface area contributed by atoms with E-state index in [9.17, 15) is 4.79 Å². The van der Waals surface area contributed by atoms with Crippen molar-refractivity contribution in [3.05, 3.63) is 65.1 Å². The van der Waals surface area contributed by atoms with Crippen molar-refractivity contribution in [2.45, 2.75) is 12.8 Å². The van der Waals surface area contributed by atoms with Crippen LogP contribution < -0.4 is 5.32 Å². The number of furan rings is 1. The number of para-hydroxylation sites is 2. The lowest BCUT2D eigenvalue weighted by Gasteiger charge is -2.01. The molecular formula is C19H16ClN3O2. The highest BCUT2D eigenvalue weighted by molar-refractivity contribution is 6.31. The van der Waals surface area contributed by atoms with Crippen LogP contribution in [0.5, 0.6) is 0 Å². The van der Waals surface area contributed by atoms with E-state index in [-0.39, 0.29) is 5.91 Å². The SMILES string of the molecule is O=C(NCCCc1nc2ccccc2[nH]1)c1cc2cc(Cl)ccc2o1. The van der Waals surface area contributed by atoms with Gasteiger partial charge in [0.1, 0.15) is 11.4 Å². The van der Waals surface area contributed by atoms with Gasteiger partial charge in [-0.15, -0.1) is 0 Å². The van der Waals surface area contributed by atoms with Gasteiger partial charge in [0.25, 0.3) is 5.91 Å². The Labute approximate surface area is 149 Å². The predicted molar refractivity (Wildman–Crippen MR) is 98.0 cm³/mol. The number of aryl methyl sites for hydroxylation is 1. The van der Waals surface area contributed by atoms with Crippen LogP contribution in [0.1, 0.15) is 22.8 Å². The van der Waals surface area contributed by atoms with Gasteiger partial charge in [0, 0.05) is 23.4 Å². The second-order valence-electron chi connectivity index (χ2n) is 5.85. The third-order valence-corrected chi connectivity index (χ3v) is 4.25. The van der Waals surface area contributed by atoms with Crippen molar-refractivity contribution in [3.8, 4) is 0 Å². The minimum atomic E-state index is -0.225. The Hall–Kier alpha value is -2.79. The van der Waals surface area contributed by atoms with Crippen molar-refractivity contribution >= 4 is 39.5 Å². The van der Waals surface area contributed by atoms with Crippen LogP contribution in [0.2, 0.25) is 5.02 Å². The molecule has 0 bridgehead atoms. The van der Waals surface area contributed by atoms with E-state index < -0.39 is 0 Å². The standard InChI is InChI=1S/C19H16ClN3O2/c20-13-7-8-16-12(10-13)11-17(25-16)19(24)21-9-3-6-18-22-14-4-1-2-5-15(14)23-18/h1-2,4-5,7-8,10-11H,3,6,9H2,(H,21,24)(H,22,23). The Morgan fingerprint density at radius 2 is 2.08 bits per heavy atom. The molecule has 0 saturated carbocycles. The van der Waals surface area contributed by atoms with E-state index in [0.29, 0.717) is 22.9 Å². The Balaban J connectivity index is 1.33. The van der Waals surface area contributed by atoms with E-state index in [1.165, 1.54) is 0 Å². The summed E-state index contributed by atoms with van der Waals surface area (Å²) in [6, 6.07) is 14.9. The highest BCUT2D eigenvalue weighted by Gasteiger charge is 2.12. The number of amides is 1. The maximum Gasteiger partial charge on any atom is 0.287 e. The first-order valence-electron chi connectivity index (χ1n) is 8.10. The Bertz CT molecular complexity index is 1020. The molecule has 2 N–H and O–H groups in total. The first-order chi connectivity index (χ1) is 12.2. The number of hydrogen-bond acceptors (Lipinski definition) is 3. The Morgan fingerprint density at radius 3 is 2.96 bits per heavy atom. The van der Waals surface area contributed by atoms with Crippen molar-refractivity contribution in [2.24, 2.45) is 0 Å². The molecule has 0 radical (unpaired) electrons. The van der Waals surface area contributed by atoms with Gasteiger partial charge >= 0.3 is 0 Å². The largest absolute Gasteiger partial charge is 0.451 e. The first kappa shape index (κ1) is 15.7. The second kappa shape index (κ2) is 6.61. The number of H-pyrrole nitrogens is 1. The zero-order valence-corrected chi connectivity index (χ0v) is 14.1. The molecular weight excluding hydrogens is 338 g/mol. The van der Waals surface area contributed by atoms with Gasteiger partial charge < -0.3 is 14.7 Å².